The smallest absolute Gasteiger partial charge is 0.369 e. The van der Waals surface area contributed by atoms with Gasteiger partial charge in [-0.05, 0) is 13.8 Å². The lowest BCUT2D eigenvalue weighted by Crippen LogP contribution is -2.56. The van der Waals surface area contributed by atoms with Gasteiger partial charge in [0.25, 0.3) is 0 Å². The number of nitrogens with zero attached hydrogens (tertiary/aromatic N) is 2. The fraction of sp³-hybridized carbons (Fsp3) is 0.923. The van der Waals surface area contributed by atoms with Gasteiger partial charge in [0.15, 0.2) is 0 Å². The zero-order valence-corrected chi connectivity index (χ0v) is 12.9. The van der Waals surface area contributed by atoms with E-state index in [1.165, 1.54) is 9.80 Å². The minimum Gasteiger partial charge on any atom is -0.369 e. The van der Waals surface area contributed by atoms with Gasteiger partial charge in [0.1, 0.15) is 6.61 Å². The van der Waals surface area contributed by atoms with Crippen LogP contribution in [0.5, 0.6) is 0 Å². The molecule has 1 fully saturated rings. The van der Waals surface area contributed by atoms with E-state index in [9.17, 15) is 18.0 Å². The predicted molar refractivity (Wildman–Crippen MR) is 71.0 cm³/mol. The van der Waals surface area contributed by atoms with Crippen LogP contribution >= 0.6 is 0 Å². The van der Waals surface area contributed by atoms with Crippen molar-refractivity contribution in [3.05, 3.63) is 0 Å². The first-order chi connectivity index (χ1) is 9.48. The van der Waals surface area contributed by atoms with E-state index >= 15 is 0 Å². The maximum absolute atomic E-state index is 12.5. The molecule has 0 aromatic heterocycles. The molecule has 0 aromatic rings. The van der Waals surface area contributed by atoms with Crippen LogP contribution in [-0.2, 0) is 14.3 Å². The van der Waals surface area contributed by atoms with Crippen molar-refractivity contribution in [2.24, 2.45) is 0 Å². The molecular formula is C13H23F3N2O3. The number of carbonyl (C=O) groups is 1. The van der Waals surface area contributed by atoms with E-state index in [4.69, 9.17) is 9.47 Å². The first kappa shape index (κ1) is 18.2. The van der Waals surface area contributed by atoms with Crippen LogP contribution < -0.4 is 0 Å². The molecule has 0 N–H and O–H groups in total. The van der Waals surface area contributed by atoms with Gasteiger partial charge in [-0.3, -0.25) is 9.69 Å². The Labute approximate surface area is 123 Å². The third-order valence-corrected chi connectivity index (χ3v) is 2.98. The number of likely N-dealkylation sites (N-methyl/N-ethyl adjacent to an activating group) is 1. The van der Waals surface area contributed by atoms with Crippen molar-refractivity contribution in [2.75, 3.05) is 46.9 Å². The molecule has 0 saturated carbocycles. The molecule has 1 aliphatic rings. The molecule has 0 spiro atoms. The average molecular weight is 312 g/mol. The van der Waals surface area contributed by atoms with Crippen LogP contribution in [0.2, 0.25) is 0 Å². The third kappa shape index (κ3) is 7.10. The highest BCUT2D eigenvalue weighted by atomic mass is 19.4. The van der Waals surface area contributed by atoms with Gasteiger partial charge >= 0.3 is 6.18 Å². The normalized spacial score (nSPS) is 23.1. The number of hydrogen-bond donors (Lipinski definition) is 0. The summed E-state index contributed by atoms with van der Waals surface area (Å²) in [6.07, 6.45) is -4.72. The van der Waals surface area contributed by atoms with Crippen molar-refractivity contribution in [1.29, 1.82) is 0 Å². The summed E-state index contributed by atoms with van der Waals surface area (Å²) in [6.45, 7) is 2.86. The van der Waals surface area contributed by atoms with Crippen LogP contribution in [0.15, 0.2) is 0 Å². The zero-order chi connectivity index (χ0) is 16.3. The van der Waals surface area contributed by atoms with Gasteiger partial charge in [-0.2, -0.15) is 13.2 Å². The van der Waals surface area contributed by atoms with Gasteiger partial charge in [0.05, 0.1) is 24.9 Å². The van der Waals surface area contributed by atoms with E-state index in [0.717, 1.165) is 0 Å². The summed E-state index contributed by atoms with van der Waals surface area (Å²) in [6, 6.07) is 0. The topological polar surface area (TPSA) is 42.0 Å². The van der Waals surface area contributed by atoms with Crippen LogP contribution in [0.25, 0.3) is 0 Å². The highest BCUT2D eigenvalue weighted by molar-refractivity contribution is 5.76. The van der Waals surface area contributed by atoms with Gasteiger partial charge in [0, 0.05) is 27.2 Å². The molecule has 1 rings (SSSR count). The molecule has 5 nitrogen and oxygen atoms in total. The van der Waals surface area contributed by atoms with E-state index in [1.807, 2.05) is 0 Å². The maximum atomic E-state index is 12.5. The molecular weight excluding hydrogens is 289 g/mol. The molecule has 1 amide bonds. The molecule has 1 aliphatic heterocycles. The summed E-state index contributed by atoms with van der Waals surface area (Å²) in [7, 11) is 3.22. The van der Waals surface area contributed by atoms with Gasteiger partial charge in [0.2, 0.25) is 5.91 Å². The van der Waals surface area contributed by atoms with Crippen LogP contribution in [0.4, 0.5) is 13.2 Å². The van der Waals surface area contributed by atoms with Crippen LogP contribution in [0.3, 0.4) is 0 Å². The number of rotatable bonds is 5. The Morgan fingerprint density at radius 2 is 2.05 bits per heavy atom. The summed E-state index contributed by atoms with van der Waals surface area (Å²) in [5.74, 6) is -0.197. The Morgan fingerprint density at radius 1 is 1.43 bits per heavy atom. The molecule has 124 valence electrons. The second kappa shape index (κ2) is 6.93. The minimum absolute atomic E-state index is 0.0946. The summed E-state index contributed by atoms with van der Waals surface area (Å²) >= 11 is 0. The zero-order valence-electron chi connectivity index (χ0n) is 12.9. The number of amides is 1. The molecule has 0 aromatic carbocycles. The van der Waals surface area contributed by atoms with Crippen molar-refractivity contribution < 1.29 is 27.4 Å². The van der Waals surface area contributed by atoms with Gasteiger partial charge < -0.3 is 14.4 Å². The monoisotopic (exact) mass is 312 g/mol. The molecule has 0 bridgehead atoms. The minimum atomic E-state index is -4.24. The highest BCUT2D eigenvalue weighted by Crippen LogP contribution is 2.25. The van der Waals surface area contributed by atoms with E-state index < -0.39 is 24.4 Å². The molecule has 0 unspecified atom stereocenters. The molecule has 1 atom stereocenters. The van der Waals surface area contributed by atoms with Gasteiger partial charge in [-0.15, -0.1) is 0 Å². The lowest BCUT2D eigenvalue weighted by atomic mass is 10.1. The number of ether oxygens (including phenoxy) is 2. The first-order valence-electron chi connectivity index (χ1n) is 6.73. The lowest BCUT2D eigenvalue weighted by Gasteiger charge is -2.42. The SMILES string of the molecule is CN(C)C(=O)COC[C@H]1CN(CC(F)(F)F)CC(C)(C)O1. The van der Waals surface area contributed by atoms with Crippen molar-refractivity contribution in [3.8, 4) is 0 Å². The van der Waals surface area contributed by atoms with Crippen molar-refractivity contribution >= 4 is 5.91 Å². The summed E-state index contributed by atoms with van der Waals surface area (Å²) < 4.78 is 48.5. The van der Waals surface area contributed by atoms with E-state index in [0.29, 0.717) is 0 Å². The quantitative estimate of drug-likeness (QED) is 0.763. The highest BCUT2D eigenvalue weighted by Gasteiger charge is 2.39. The second-order valence-electron chi connectivity index (χ2n) is 6.09. The Hall–Kier alpha value is -0.860. The van der Waals surface area contributed by atoms with Gasteiger partial charge in [-0.25, -0.2) is 0 Å². The summed E-state index contributed by atoms with van der Waals surface area (Å²) in [4.78, 5) is 14.1. The Morgan fingerprint density at radius 3 is 2.57 bits per heavy atom. The van der Waals surface area contributed by atoms with Crippen LogP contribution in [0, 0.1) is 0 Å². The largest absolute Gasteiger partial charge is 0.401 e. The Bertz CT molecular complexity index is 357. The number of morpholine rings is 1. The van der Waals surface area contributed by atoms with E-state index in [2.05, 4.69) is 0 Å². The number of halogens is 3. The Kier molecular flexibility index (Phi) is 6.01. The van der Waals surface area contributed by atoms with Crippen LogP contribution in [-0.4, -0.2) is 80.5 Å². The fourth-order valence-corrected chi connectivity index (χ4v) is 2.28. The maximum Gasteiger partial charge on any atom is 0.401 e. The van der Waals surface area contributed by atoms with Gasteiger partial charge in [-0.1, -0.05) is 0 Å². The first-order valence-corrected chi connectivity index (χ1v) is 6.73. The molecule has 0 radical (unpaired) electrons. The summed E-state index contributed by atoms with van der Waals surface area (Å²) in [5, 5.41) is 0. The molecule has 21 heavy (non-hydrogen) atoms. The third-order valence-electron chi connectivity index (χ3n) is 2.98. The number of alkyl halides is 3. The predicted octanol–water partition coefficient (Wildman–Crippen LogP) is 1.13. The van der Waals surface area contributed by atoms with E-state index in [1.54, 1.807) is 27.9 Å². The molecule has 1 saturated heterocycles. The average Bonchev–Trinajstić information content (AvgIpc) is 2.23. The van der Waals surface area contributed by atoms with Crippen molar-refractivity contribution in [2.45, 2.75) is 31.7 Å². The second-order valence-corrected chi connectivity index (χ2v) is 6.09. The van der Waals surface area contributed by atoms with Crippen molar-refractivity contribution in [1.82, 2.24) is 9.80 Å². The Balaban J connectivity index is 2.48. The summed E-state index contributed by atoms with van der Waals surface area (Å²) in [5.41, 5.74) is -0.677. The molecule has 0 aliphatic carbocycles. The number of carbonyl (C=O) groups excluding carboxylic acids is 1. The number of hydrogen-bond acceptors (Lipinski definition) is 4. The van der Waals surface area contributed by atoms with Crippen molar-refractivity contribution in [3.63, 3.8) is 0 Å². The molecule has 1 heterocycles. The van der Waals surface area contributed by atoms with Crippen LogP contribution in [0.1, 0.15) is 13.8 Å². The van der Waals surface area contributed by atoms with E-state index in [-0.39, 0.29) is 32.2 Å². The standard InChI is InChI=1S/C13H23F3N2O3/c1-12(2)8-18(9-13(14,15)16)5-10(21-12)6-20-7-11(19)17(3)4/h10H,5-9H2,1-4H3/t10-/m1/s1. The fourth-order valence-electron chi connectivity index (χ4n) is 2.28. The molecule has 8 heteroatoms. The lowest BCUT2D eigenvalue weighted by molar-refractivity contribution is -0.194.